The maximum Gasteiger partial charge on any atom is 0.275 e. The highest BCUT2D eigenvalue weighted by molar-refractivity contribution is 9.10. The molecule has 1 amide bonds. The van der Waals surface area contributed by atoms with E-state index in [2.05, 4.69) is 21.2 Å². The zero-order chi connectivity index (χ0) is 15.3. The standard InChI is InChI=1S/C15H23BrN2O2/c1-15(2,3)17-14(19)10-18(4)9-11-8-12(16)6-7-13(11)20-5/h6-8H,9-10H2,1-5H3,(H,17,19)/p+1. The molecule has 0 aliphatic carbocycles. The average Bonchev–Trinajstić information content (AvgIpc) is 2.26. The molecule has 0 saturated heterocycles. The van der Waals surface area contributed by atoms with Crippen molar-refractivity contribution in [1.29, 1.82) is 0 Å². The van der Waals surface area contributed by atoms with E-state index in [0.29, 0.717) is 6.54 Å². The predicted molar refractivity (Wildman–Crippen MR) is 84.0 cm³/mol. The lowest BCUT2D eigenvalue weighted by atomic mass is 10.1. The number of rotatable bonds is 5. The molecule has 2 N–H and O–H groups in total. The maximum atomic E-state index is 11.9. The van der Waals surface area contributed by atoms with E-state index in [1.807, 2.05) is 46.0 Å². The van der Waals surface area contributed by atoms with E-state index in [1.165, 1.54) is 0 Å². The molecule has 0 aromatic heterocycles. The van der Waals surface area contributed by atoms with Crippen LogP contribution in [0, 0.1) is 0 Å². The van der Waals surface area contributed by atoms with E-state index >= 15 is 0 Å². The van der Waals surface area contributed by atoms with E-state index in [9.17, 15) is 4.79 Å². The molecule has 4 nitrogen and oxygen atoms in total. The number of ether oxygens (including phenoxy) is 1. The summed E-state index contributed by atoms with van der Waals surface area (Å²) in [6.45, 7) is 7.12. The van der Waals surface area contributed by atoms with Crippen molar-refractivity contribution in [3.8, 4) is 5.75 Å². The third-order valence-electron chi connectivity index (χ3n) is 2.71. The van der Waals surface area contributed by atoms with Crippen LogP contribution in [0.1, 0.15) is 26.3 Å². The van der Waals surface area contributed by atoms with E-state index in [0.717, 1.165) is 27.2 Å². The van der Waals surface area contributed by atoms with Crippen molar-refractivity contribution in [2.45, 2.75) is 32.9 Å². The molecule has 1 aromatic carbocycles. The first-order valence-corrected chi connectivity index (χ1v) is 7.45. The van der Waals surface area contributed by atoms with E-state index in [4.69, 9.17) is 4.74 Å². The molecule has 0 aliphatic heterocycles. The van der Waals surface area contributed by atoms with Gasteiger partial charge in [0.2, 0.25) is 0 Å². The molecule has 0 spiro atoms. The number of benzene rings is 1. The summed E-state index contributed by atoms with van der Waals surface area (Å²) in [6.07, 6.45) is 0. The van der Waals surface area contributed by atoms with Gasteiger partial charge < -0.3 is 15.0 Å². The largest absolute Gasteiger partial charge is 0.496 e. The molecule has 112 valence electrons. The van der Waals surface area contributed by atoms with Crippen molar-refractivity contribution in [3.05, 3.63) is 28.2 Å². The quantitative estimate of drug-likeness (QED) is 0.848. The highest BCUT2D eigenvalue weighted by Crippen LogP contribution is 2.21. The highest BCUT2D eigenvalue weighted by Gasteiger charge is 2.18. The van der Waals surface area contributed by atoms with Crippen LogP contribution in [0.15, 0.2) is 22.7 Å². The summed E-state index contributed by atoms with van der Waals surface area (Å²) < 4.78 is 6.37. The molecule has 0 bridgehead atoms. The van der Waals surface area contributed by atoms with Crippen molar-refractivity contribution in [2.75, 3.05) is 20.7 Å². The van der Waals surface area contributed by atoms with Crippen LogP contribution in [-0.2, 0) is 11.3 Å². The minimum absolute atomic E-state index is 0.0592. The molecule has 1 unspecified atom stereocenters. The third kappa shape index (κ3) is 5.92. The van der Waals surface area contributed by atoms with Crippen LogP contribution < -0.4 is 15.0 Å². The Bertz CT molecular complexity index is 469. The first kappa shape index (κ1) is 17.0. The topological polar surface area (TPSA) is 42.8 Å². The summed E-state index contributed by atoms with van der Waals surface area (Å²) in [5, 5.41) is 2.98. The lowest BCUT2D eigenvalue weighted by molar-refractivity contribution is -0.885. The fourth-order valence-electron chi connectivity index (χ4n) is 2.01. The molecule has 1 atom stereocenters. The van der Waals surface area contributed by atoms with E-state index < -0.39 is 0 Å². The van der Waals surface area contributed by atoms with Gasteiger partial charge in [0, 0.05) is 15.6 Å². The highest BCUT2D eigenvalue weighted by atomic mass is 79.9. The maximum absolute atomic E-state index is 11.9. The number of hydrogen-bond acceptors (Lipinski definition) is 2. The number of carbonyl (C=O) groups excluding carboxylic acids is 1. The first-order valence-electron chi connectivity index (χ1n) is 6.66. The number of quaternary nitrogens is 1. The summed E-state index contributed by atoms with van der Waals surface area (Å²) in [5.41, 5.74) is 0.896. The van der Waals surface area contributed by atoms with Crippen LogP contribution in [0.2, 0.25) is 0 Å². The van der Waals surface area contributed by atoms with Gasteiger partial charge in [-0.3, -0.25) is 4.79 Å². The van der Waals surface area contributed by atoms with Crippen molar-refractivity contribution in [3.63, 3.8) is 0 Å². The van der Waals surface area contributed by atoms with Crippen molar-refractivity contribution >= 4 is 21.8 Å². The summed E-state index contributed by atoms with van der Waals surface area (Å²) >= 11 is 3.46. The number of carbonyl (C=O) groups is 1. The van der Waals surface area contributed by atoms with Crippen LogP contribution in [0.5, 0.6) is 5.75 Å². The number of halogens is 1. The fourth-order valence-corrected chi connectivity index (χ4v) is 2.42. The second-order valence-electron chi connectivity index (χ2n) is 6.07. The number of amides is 1. The molecule has 5 heteroatoms. The number of hydrogen-bond donors (Lipinski definition) is 2. The van der Waals surface area contributed by atoms with Crippen LogP contribution in [0.4, 0.5) is 0 Å². The van der Waals surface area contributed by atoms with Gasteiger partial charge in [0.25, 0.3) is 5.91 Å². The van der Waals surface area contributed by atoms with Crippen molar-refractivity contribution in [1.82, 2.24) is 5.32 Å². The van der Waals surface area contributed by atoms with Gasteiger partial charge in [-0.05, 0) is 39.0 Å². The Balaban J connectivity index is 2.64. The predicted octanol–water partition coefficient (Wildman–Crippen LogP) is 1.39. The second-order valence-corrected chi connectivity index (χ2v) is 6.98. The van der Waals surface area contributed by atoms with Crippen LogP contribution in [-0.4, -0.2) is 32.1 Å². The van der Waals surface area contributed by atoms with Gasteiger partial charge in [0.15, 0.2) is 6.54 Å². The minimum atomic E-state index is -0.190. The smallest absolute Gasteiger partial charge is 0.275 e. The molecule has 20 heavy (non-hydrogen) atoms. The van der Waals surface area contributed by atoms with Crippen molar-refractivity contribution in [2.24, 2.45) is 0 Å². The normalized spacial score (nSPS) is 12.9. The lowest BCUT2D eigenvalue weighted by Crippen LogP contribution is -3.09. The Kier molecular flexibility index (Phi) is 6.02. The Morgan fingerprint density at radius 2 is 2.05 bits per heavy atom. The summed E-state index contributed by atoms with van der Waals surface area (Å²) in [5.74, 6) is 0.910. The Hall–Kier alpha value is -1.07. The van der Waals surface area contributed by atoms with Crippen molar-refractivity contribution < 1.29 is 14.4 Å². The van der Waals surface area contributed by atoms with Gasteiger partial charge >= 0.3 is 0 Å². The first-order chi connectivity index (χ1) is 9.21. The van der Waals surface area contributed by atoms with Crippen LogP contribution in [0.25, 0.3) is 0 Å². The van der Waals surface area contributed by atoms with Gasteiger partial charge in [-0.25, -0.2) is 0 Å². The fraction of sp³-hybridized carbons (Fsp3) is 0.533. The minimum Gasteiger partial charge on any atom is -0.496 e. The number of nitrogens with one attached hydrogen (secondary N) is 2. The molecule has 0 heterocycles. The van der Waals surface area contributed by atoms with Gasteiger partial charge in [0.1, 0.15) is 12.3 Å². The van der Waals surface area contributed by atoms with Gasteiger partial charge in [-0.1, -0.05) is 15.9 Å². The molecule has 0 fully saturated rings. The van der Waals surface area contributed by atoms with Crippen LogP contribution in [0.3, 0.4) is 0 Å². The molecule has 0 aliphatic rings. The Morgan fingerprint density at radius 1 is 1.40 bits per heavy atom. The third-order valence-corrected chi connectivity index (χ3v) is 3.20. The van der Waals surface area contributed by atoms with Gasteiger partial charge in [0.05, 0.1) is 14.2 Å². The van der Waals surface area contributed by atoms with Gasteiger partial charge in [-0.2, -0.15) is 0 Å². The average molecular weight is 344 g/mol. The molecule has 0 saturated carbocycles. The Labute approximate surface area is 129 Å². The molecule has 0 radical (unpaired) electrons. The zero-order valence-corrected chi connectivity index (χ0v) is 14.4. The molecular weight excluding hydrogens is 320 g/mol. The number of methoxy groups -OCH3 is 1. The summed E-state index contributed by atoms with van der Waals surface area (Å²) in [4.78, 5) is 13.0. The summed E-state index contributed by atoms with van der Waals surface area (Å²) in [7, 11) is 3.66. The molecular formula is C15H24BrN2O2+. The number of likely N-dealkylation sites (N-methyl/N-ethyl adjacent to an activating group) is 1. The van der Waals surface area contributed by atoms with E-state index in [-0.39, 0.29) is 11.4 Å². The van der Waals surface area contributed by atoms with E-state index in [1.54, 1.807) is 7.11 Å². The Morgan fingerprint density at radius 3 is 2.60 bits per heavy atom. The van der Waals surface area contributed by atoms with Gasteiger partial charge in [-0.15, -0.1) is 0 Å². The second kappa shape index (κ2) is 7.09. The molecule has 1 rings (SSSR count). The zero-order valence-electron chi connectivity index (χ0n) is 12.8. The molecule has 1 aromatic rings. The lowest BCUT2D eigenvalue weighted by Gasteiger charge is -2.22. The summed E-state index contributed by atoms with van der Waals surface area (Å²) in [6, 6.07) is 5.91. The van der Waals surface area contributed by atoms with Crippen LogP contribution >= 0.6 is 15.9 Å². The monoisotopic (exact) mass is 343 g/mol. The SMILES string of the molecule is COc1ccc(Br)cc1C[NH+](C)CC(=O)NC(C)(C)C.